The molecule has 2 aromatic heterocycles. The minimum Gasteiger partial charge on any atom is -0.395 e. The molecule has 8 heteroatoms. The lowest BCUT2D eigenvalue weighted by molar-refractivity contribution is 0.0996. The first-order valence-electron chi connectivity index (χ1n) is 4.21. The highest BCUT2D eigenvalue weighted by Crippen LogP contribution is 2.10. The van der Waals surface area contributed by atoms with Crippen LogP contribution in [0.2, 0.25) is 0 Å². The van der Waals surface area contributed by atoms with Gasteiger partial charge in [0.15, 0.2) is 11.5 Å². The minimum atomic E-state index is -0.752. The third-order valence-corrected chi connectivity index (χ3v) is 1.79. The fourth-order valence-electron chi connectivity index (χ4n) is 1.10. The summed E-state index contributed by atoms with van der Waals surface area (Å²) in [4.78, 5) is 18.2. The van der Waals surface area contributed by atoms with Gasteiger partial charge >= 0.3 is 0 Å². The Labute approximate surface area is 88.9 Å². The van der Waals surface area contributed by atoms with E-state index in [-0.39, 0.29) is 17.3 Å². The van der Waals surface area contributed by atoms with Gasteiger partial charge in [0.2, 0.25) is 0 Å². The molecule has 0 aliphatic heterocycles. The molecule has 2 rings (SSSR count). The summed E-state index contributed by atoms with van der Waals surface area (Å²) in [5, 5.41) is 3.78. The number of primary amides is 1. The van der Waals surface area contributed by atoms with Crippen LogP contribution >= 0.6 is 0 Å². The monoisotopic (exact) mass is 222 g/mol. The van der Waals surface area contributed by atoms with Gasteiger partial charge in [0.05, 0.1) is 24.3 Å². The molecule has 0 atom stereocenters. The Morgan fingerprint density at radius 3 is 2.50 bits per heavy atom. The molecule has 0 bridgehead atoms. The quantitative estimate of drug-likeness (QED) is 0.710. The zero-order valence-electron chi connectivity index (χ0n) is 7.96. The van der Waals surface area contributed by atoms with E-state index in [1.807, 2.05) is 0 Å². The van der Waals surface area contributed by atoms with Crippen LogP contribution in [0.15, 0.2) is 18.6 Å². The largest absolute Gasteiger partial charge is 0.395 e. The summed E-state index contributed by atoms with van der Waals surface area (Å²) in [7, 11) is 0. The maximum atomic E-state index is 12.6. The van der Waals surface area contributed by atoms with E-state index < -0.39 is 11.7 Å². The Hall–Kier alpha value is -2.51. The van der Waals surface area contributed by atoms with Crippen LogP contribution in [0.3, 0.4) is 0 Å². The number of nitrogens with two attached hydrogens (primary N) is 2. The number of rotatable bonds is 2. The number of nitrogens with zero attached hydrogens (tertiary/aromatic N) is 4. The minimum absolute atomic E-state index is 0.0760. The van der Waals surface area contributed by atoms with Gasteiger partial charge in [-0.05, 0) is 0 Å². The molecule has 82 valence electrons. The third kappa shape index (κ3) is 1.67. The highest BCUT2D eigenvalue weighted by molar-refractivity contribution is 5.95. The summed E-state index contributed by atoms with van der Waals surface area (Å²) >= 11 is 0. The van der Waals surface area contributed by atoms with Crippen LogP contribution in [-0.4, -0.2) is 25.7 Å². The van der Waals surface area contributed by atoms with Crippen molar-refractivity contribution in [2.24, 2.45) is 5.73 Å². The van der Waals surface area contributed by atoms with Gasteiger partial charge in [0, 0.05) is 0 Å². The number of aromatic nitrogens is 4. The number of carbonyl (C=O) groups excluding carboxylic acids is 1. The number of anilines is 1. The van der Waals surface area contributed by atoms with Crippen molar-refractivity contribution in [3.05, 3.63) is 30.1 Å². The van der Waals surface area contributed by atoms with Gasteiger partial charge in [-0.3, -0.25) is 4.79 Å². The highest BCUT2D eigenvalue weighted by Gasteiger charge is 2.13. The Kier molecular flexibility index (Phi) is 2.24. The van der Waals surface area contributed by atoms with E-state index >= 15 is 0 Å². The SMILES string of the molecule is NC(=O)c1nn(-c2ncc(F)cn2)cc1N. The lowest BCUT2D eigenvalue weighted by atomic mass is 10.4. The van der Waals surface area contributed by atoms with Gasteiger partial charge in [0.1, 0.15) is 0 Å². The normalized spacial score (nSPS) is 10.3. The van der Waals surface area contributed by atoms with Crippen molar-refractivity contribution in [1.29, 1.82) is 0 Å². The number of nitrogen functional groups attached to an aromatic ring is 1. The number of amides is 1. The van der Waals surface area contributed by atoms with E-state index in [2.05, 4.69) is 15.1 Å². The Morgan fingerprint density at radius 2 is 2.00 bits per heavy atom. The molecule has 0 aromatic carbocycles. The van der Waals surface area contributed by atoms with Gasteiger partial charge in [-0.25, -0.2) is 19.0 Å². The predicted octanol–water partition coefficient (Wildman–Crippen LogP) is -0.518. The van der Waals surface area contributed by atoms with Gasteiger partial charge < -0.3 is 11.5 Å². The van der Waals surface area contributed by atoms with Crippen molar-refractivity contribution in [3.8, 4) is 5.95 Å². The van der Waals surface area contributed by atoms with Crippen molar-refractivity contribution in [1.82, 2.24) is 19.7 Å². The molecule has 2 heterocycles. The fourth-order valence-corrected chi connectivity index (χ4v) is 1.10. The highest BCUT2D eigenvalue weighted by atomic mass is 19.1. The molecule has 0 radical (unpaired) electrons. The first-order chi connectivity index (χ1) is 7.58. The first-order valence-corrected chi connectivity index (χ1v) is 4.21. The molecule has 0 spiro atoms. The van der Waals surface area contributed by atoms with E-state index in [4.69, 9.17) is 11.5 Å². The van der Waals surface area contributed by atoms with Gasteiger partial charge in [0.25, 0.3) is 11.9 Å². The molecule has 0 aliphatic rings. The van der Waals surface area contributed by atoms with Crippen LogP contribution in [0.1, 0.15) is 10.5 Å². The Balaban J connectivity index is 2.45. The van der Waals surface area contributed by atoms with E-state index in [1.54, 1.807) is 0 Å². The predicted molar refractivity (Wildman–Crippen MR) is 52.0 cm³/mol. The van der Waals surface area contributed by atoms with Crippen molar-refractivity contribution in [2.75, 3.05) is 5.73 Å². The molecule has 0 saturated heterocycles. The molecule has 1 amide bonds. The number of hydrogen-bond donors (Lipinski definition) is 2. The summed E-state index contributed by atoms with van der Waals surface area (Å²) < 4.78 is 13.7. The average molecular weight is 222 g/mol. The van der Waals surface area contributed by atoms with Crippen LogP contribution in [-0.2, 0) is 0 Å². The van der Waals surface area contributed by atoms with Crippen molar-refractivity contribution in [3.63, 3.8) is 0 Å². The summed E-state index contributed by atoms with van der Waals surface area (Å²) in [5.74, 6) is -1.22. The van der Waals surface area contributed by atoms with E-state index in [9.17, 15) is 9.18 Å². The van der Waals surface area contributed by atoms with Gasteiger partial charge in [-0.2, -0.15) is 5.10 Å². The Morgan fingerprint density at radius 1 is 1.38 bits per heavy atom. The second-order valence-corrected chi connectivity index (χ2v) is 2.94. The molecule has 0 fully saturated rings. The van der Waals surface area contributed by atoms with Crippen LogP contribution in [0.25, 0.3) is 5.95 Å². The smallest absolute Gasteiger partial charge is 0.271 e. The first kappa shape index (κ1) is 10.0. The van der Waals surface area contributed by atoms with Crippen LogP contribution in [0.4, 0.5) is 10.1 Å². The average Bonchev–Trinajstić information content (AvgIpc) is 2.61. The topological polar surface area (TPSA) is 113 Å². The number of hydrogen-bond acceptors (Lipinski definition) is 5. The molecular formula is C8H7FN6O. The van der Waals surface area contributed by atoms with Crippen LogP contribution < -0.4 is 11.5 Å². The van der Waals surface area contributed by atoms with E-state index in [0.717, 1.165) is 17.1 Å². The molecule has 0 unspecified atom stereocenters. The fraction of sp³-hybridized carbons (Fsp3) is 0. The lowest BCUT2D eigenvalue weighted by Gasteiger charge is -1.96. The van der Waals surface area contributed by atoms with E-state index in [0.29, 0.717) is 0 Å². The standard InChI is InChI=1S/C8H7FN6O/c9-4-1-12-8(13-2-4)15-3-5(10)6(14-15)7(11)16/h1-3H,10H2,(H2,11,16). The van der Waals surface area contributed by atoms with Crippen molar-refractivity contribution < 1.29 is 9.18 Å². The van der Waals surface area contributed by atoms with Crippen molar-refractivity contribution >= 4 is 11.6 Å². The van der Waals surface area contributed by atoms with E-state index in [1.165, 1.54) is 6.20 Å². The second kappa shape index (κ2) is 3.57. The van der Waals surface area contributed by atoms with Crippen LogP contribution in [0.5, 0.6) is 0 Å². The number of carbonyl (C=O) groups is 1. The molecule has 16 heavy (non-hydrogen) atoms. The maximum absolute atomic E-state index is 12.6. The summed E-state index contributed by atoms with van der Waals surface area (Å²) in [6, 6.07) is 0. The van der Waals surface area contributed by atoms with Gasteiger partial charge in [-0.15, -0.1) is 0 Å². The third-order valence-electron chi connectivity index (χ3n) is 1.79. The molecule has 0 aliphatic carbocycles. The lowest BCUT2D eigenvalue weighted by Crippen LogP contribution is -2.14. The maximum Gasteiger partial charge on any atom is 0.271 e. The molecule has 4 N–H and O–H groups in total. The second-order valence-electron chi connectivity index (χ2n) is 2.94. The summed E-state index contributed by atoms with van der Waals surface area (Å²) in [5.41, 5.74) is 10.6. The van der Waals surface area contributed by atoms with Gasteiger partial charge in [-0.1, -0.05) is 0 Å². The van der Waals surface area contributed by atoms with Crippen molar-refractivity contribution in [2.45, 2.75) is 0 Å². The Bertz CT molecular complexity index is 534. The zero-order chi connectivity index (χ0) is 11.7. The summed E-state index contributed by atoms with van der Waals surface area (Å²) in [6.45, 7) is 0. The number of halogens is 1. The van der Waals surface area contributed by atoms with Crippen LogP contribution in [0, 0.1) is 5.82 Å². The summed E-state index contributed by atoms with van der Waals surface area (Å²) in [6.07, 6.45) is 3.28. The zero-order valence-corrected chi connectivity index (χ0v) is 7.96. The molecule has 7 nitrogen and oxygen atoms in total. The molecular weight excluding hydrogens is 215 g/mol. The molecule has 2 aromatic rings. The molecule has 0 saturated carbocycles.